The molecule has 0 atom stereocenters. The summed E-state index contributed by atoms with van der Waals surface area (Å²) in [4.78, 5) is 41.3. The number of carbonyl (C=O) groups is 1. The second-order valence-corrected chi connectivity index (χ2v) is 6.56. The number of methoxy groups -OCH3 is 1. The molecule has 1 aromatic carbocycles. The van der Waals surface area contributed by atoms with E-state index < -0.39 is 23.0 Å². The summed E-state index contributed by atoms with van der Waals surface area (Å²) in [6, 6.07) is 5.71. The van der Waals surface area contributed by atoms with Crippen molar-refractivity contribution in [3.8, 4) is 0 Å². The Morgan fingerprint density at radius 1 is 1.17 bits per heavy atom. The van der Waals surface area contributed by atoms with Crippen LogP contribution in [0.1, 0.15) is 5.56 Å². The number of imidazole rings is 1. The van der Waals surface area contributed by atoms with E-state index >= 15 is 0 Å². The summed E-state index contributed by atoms with van der Waals surface area (Å²) in [5.74, 6) is -0.724. The molecular formula is C18H17FN6O4. The van der Waals surface area contributed by atoms with E-state index in [-0.39, 0.29) is 30.2 Å². The zero-order valence-electron chi connectivity index (χ0n) is 15.9. The van der Waals surface area contributed by atoms with Gasteiger partial charge in [0.1, 0.15) is 12.4 Å². The number of hydrogen-bond acceptors (Lipinski definition) is 7. The van der Waals surface area contributed by atoms with Crippen LogP contribution in [0.4, 0.5) is 10.3 Å². The highest BCUT2D eigenvalue weighted by atomic mass is 19.1. The van der Waals surface area contributed by atoms with Crippen LogP contribution >= 0.6 is 0 Å². The van der Waals surface area contributed by atoms with Crippen LogP contribution in [0, 0.1) is 5.82 Å². The number of aromatic nitrogens is 4. The number of rotatable bonds is 3. The maximum absolute atomic E-state index is 13.3. The fourth-order valence-electron chi connectivity index (χ4n) is 3.24. The third kappa shape index (κ3) is 2.91. The minimum Gasteiger partial charge on any atom is -0.468 e. The Morgan fingerprint density at radius 2 is 1.86 bits per heavy atom. The summed E-state index contributed by atoms with van der Waals surface area (Å²) in [5, 5.41) is 5.76. The van der Waals surface area contributed by atoms with Gasteiger partial charge in [-0.3, -0.25) is 23.3 Å². The molecule has 0 spiro atoms. The second kappa shape index (κ2) is 6.69. The lowest BCUT2D eigenvalue weighted by molar-refractivity contribution is -0.139. The molecule has 0 saturated heterocycles. The van der Waals surface area contributed by atoms with E-state index in [1.54, 1.807) is 16.7 Å². The molecule has 0 N–H and O–H groups in total. The maximum Gasteiger partial charge on any atom is 0.332 e. The monoisotopic (exact) mass is 400 g/mol. The molecule has 150 valence electrons. The normalized spacial score (nSPS) is 13.4. The van der Waals surface area contributed by atoms with Crippen molar-refractivity contribution in [1.29, 1.82) is 0 Å². The second-order valence-electron chi connectivity index (χ2n) is 6.56. The van der Waals surface area contributed by atoms with Gasteiger partial charge in [-0.15, -0.1) is 0 Å². The number of carbonyl (C=O) groups excluding carboxylic acids is 1. The highest BCUT2D eigenvalue weighted by Crippen LogP contribution is 2.25. The van der Waals surface area contributed by atoms with E-state index in [2.05, 4.69) is 10.1 Å². The van der Waals surface area contributed by atoms with E-state index in [9.17, 15) is 18.8 Å². The van der Waals surface area contributed by atoms with Crippen molar-refractivity contribution in [3.05, 3.63) is 56.5 Å². The lowest BCUT2D eigenvalue weighted by atomic mass is 10.1. The third-order valence-corrected chi connectivity index (χ3v) is 4.79. The van der Waals surface area contributed by atoms with Crippen LogP contribution in [0.2, 0.25) is 0 Å². The molecule has 1 aliphatic heterocycles. The Morgan fingerprint density at radius 3 is 2.52 bits per heavy atom. The largest absolute Gasteiger partial charge is 0.468 e. The van der Waals surface area contributed by atoms with Gasteiger partial charge in [0.15, 0.2) is 11.2 Å². The van der Waals surface area contributed by atoms with Gasteiger partial charge >= 0.3 is 11.7 Å². The highest BCUT2D eigenvalue weighted by Gasteiger charge is 2.29. The topological polar surface area (TPSA) is 104 Å². The Kier molecular flexibility index (Phi) is 4.29. The number of nitrogens with zero attached hydrogens (tertiary/aromatic N) is 6. The Balaban J connectivity index is 1.96. The summed E-state index contributed by atoms with van der Waals surface area (Å²) in [5.41, 5.74) is 0.469. The van der Waals surface area contributed by atoms with Crippen molar-refractivity contribution in [3.63, 3.8) is 0 Å². The predicted molar refractivity (Wildman–Crippen MR) is 103 cm³/mol. The zero-order chi connectivity index (χ0) is 20.9. The number of benzene rings is 1. The molecule has 0 amide bonds. The van der Waals surface area contributed by atoms with E-state index in [1.807, 2.05) is 0 Å². The van der Waals surface area contributed by atoms with Crippen molar-refractivity contribution in [2.24, 2.45) is 19.2 Å². The number of halogens is 1. The standard InChI is InChI=1S/C18H17FN6O4/c1-22-15-14(16(27)23(2)18(22)28)24-8-12(10-4-6-11(19)7-5-10)21-25(17(24)20-15)9-13(26)29-3/h4-7H,8-9H2,1-3H3. The van der Waals surface area contributed by atoms with E-state index in [0.717, 1.165) is 4.57 Å². The minimum atomic E-state index is -0.561. The van der Waals surface area contributed by atoms with Gasteiger partial charge < -0.3 is 4.74 Å². The quantitative estimate of drug-likeness (QED) is 0.572. The summed E-state index contributed by atoms with van der Waals surface area (Å²) >= 11 is 0. The first-order valence-electron chi connectivity index (χ1n) is 8.66. The van der Waals surface area contributed by atoms with Gasteiger partial charge in [-0.25, -0.2) is 14.2 Å². The van der Waals surface area contributed by atoms with Gasteiger partial charge in [-0.05, 0) is 17.7 Å². The molecular weight excluding hydrogens is 383 g/mol. The molecule has 0 fully saturated rings. The van der Waals surface area contributed by atoms with Crippen LogP contribution in [0.25, 0.3) is 11.2 Å². The summed E-state index contributed by atoms with van der Waals surface area (Å²) < 4.78 is 21.9. The molecule has 2 aromatic heterocycles. The Bertz CT molecular complexity index is 1280. The molecule has 0 unspecified atom stereocenters. The Hall–Kier alpha value is -3.76. The molecule has 0 radical (unpaired) electrons. The van der Waals surface area contributed by atoms with Gasteiger partial charge in [0.05, 0.1) is 19.4 Å². The molecule has 11 heteroatoms. The fraction of sp³-hybridized carbons (Fsp3) is 0.278. The number of fused-ring (bicyclic) bond motifs is 3. The van der Waals surface area contributed by atoms with Crippen LogP contribution in [0.5, 0.6) is 0 Å². The Labute approximate surface area is 163 Å². The number of esters is 1. The van der Waals surface area contributed by atoms with Crippen LogP contribution in [-0.2, 0) is 30.2 Å². The van der Waals surface area contributed by atoms with Crippen molar-refractivity contribution in [2.75, 3.05) is 18.7 Å². The van der Waals surface area contributed by atoms with Gasteiger partial charge in [0, 0.05) is 14.1 Å². The average Bonchev–Trinajstić information content (AvgIpc) is 3.11. The maximum atomic E-state index is 13.3. The minimum absolute atomic E-state index is 0.155. The van der Waals surface area contributed by atoms with Crippen molar-refractivity contribution in [1.82, 2.24) is 18.7 Å². The molecule has 0 aliphatic carbocycles. The lowest BCUT2D eigenvalue weighted by Gasteiger charge is -2.25. The SMILES string of the molecule is COC(=O)CN1N=C(c2ccc(F)cc2)Cn2c1nc1c2c(=O)n(C)c(=O)n1C. The van der Waals surface area contributed by atoms with Crippen molar-refractivity contribution in [2.45, 2.75) is 6.54 Å². The number of ether oxygens (including phenoxy) is 1. The molecule has 29 heavy (non-hydrogen) atoms. The smallest absolute Gasteiger partial charge is 0.332 e. The van der Waals surface area contributed by atoms with Crippen LogP contribution in [-0.4, -0.2) is 44.0 Å². The first-order chi connectivity index (χ1) is 13.8. The van der Waals surface area contributed by atoms with Crippen LogP contribution in [0.3, 0.4) is 0 Å². The van der Waals surface area contributed by atoms with Gasteiger partial charge in [0.25, 0.3) is 5.56 Å². The fourth-order valence-corrected chi connectivity index (χ4v) is 3.24. The third-order valence-electron chi connectivity index (χ3n) is 4.79. The average molecular weight is 400 g/mol. The van der Waals surface area contributed by atoms with Gasteiger partial charge in [0.2, 0.25) is 5.95 Å². The molecule has 1 aliphatic rings. The van der Waals surface area contributed by atoms with Gasteiger partial charge in [-0.1, -0.05) is 12.1 Å². The number of hydrogen-bond donors (Lipinski definition) is 0. The summed E-state index contributed by atoms with van der Waals surface area (Å²) in [7, 11) is 4.14. The summed E-state index contributed by atoms with van der Waals surface area (Å²) in [6.45, 7) is -0.0959. The summed E-state index contributed by atoms with van der Waals surface area (Å²) in [6.07, 6.45) is 0. The van der Waals surface area contributed by atoms with Gasteiger partial charge in [-0.2, -0.15) is 10.1 Å². The van der Waals surface area contributed by atoms with E-state index in [1.165, 1.54) is 42.9 Å². The first-order valence-corrected chi connectivity index (χ1v) is 8.66. The lowest BCUT2D eigenvalue weighted by Crippen LogP contribution is -2.38. The number of hydrazone groups is 1. The molecule has 3 heterocycles. The number of aryl methyl sites for hydroxylation is 1. The molecule has 0 saturated carbocycles. The molecule has 3 aromatic rings. The molecule has 0 bridgehead atoms. The van der Waals surface area contributed by atoms with E-state index in [4.69, 9.17) is 4.74 Å². The number of anilines is 1. The van der Waals surface area contributed by atoms with Crippen molar-refractivity contribution >= 4 is 28.8 Å². The molecule has 4 rings (SSSR count). The van der Waals surface area contributed by atoms with E-state index in [0.29, 0.717) is 11.3 Å². The van der Waals surface area contributed by atoms with Crippen LogP contribution < -0.4 is 16.3 Å². The first kappa shape index (κ1) is 18.6. The van der Waals surface area contributed by atoms with Crippen molar-refractivity contribution < 1.29 is 13.9 Å². The highest BCUT2D eigenvalue weighted by molar-refractivity contribution is 6.03. The zero-order valence-corrected chi connectivity index (χ0v) is 15.9. The molecule has 10 nitrogen and oxygen atoms in total. The van der Waals surface area contributed by atoms with Crippen LogP contribution in [0.15, 0.2) is 39.0 Å². The predicted octanol–water partition coefficient (Wildman–Crippen LogP) is -0.0299.